The molecule has 1 aromatic carbocycles. The number of phenols is 1. The molecule has 1 aliphatic heterocycles. The first kappa shape index (κ1) is 7.79. The molecule has 66 valence electrons. The molecule has 2 rings (SSSR count). The van der Waals surface area contributed by atoms with Crippen LogP contribution >= 0.6 is 0 Å². The topological polar surface area (TPSA) is 66.4 Å². The highest BCUT2D eigenvalue weighted by Crippen LogP contribution is 2.30. The van der Waals surface area contributed by atoms with Crippen LogP contribution in [-0.2, 0) is 4.79 Å². The van der Waals surface area contributed by atoms with E-state index in [2.05, 4.69) is 5.32 Å². The summed E-state index contributed by atoms with van der Waals surface area (Å²) in [6.45, 7) is 1.72. The van der Waals surface area contributed by atoms with E-state index < -0.39 is 11.7 Å². The number of Topliss-reactive ketones (excluding diaryl/α,β-unsaturated/α-hetero) is 1. The van der Waals surface area contributed by atoms with E-state index in [0.717, 1.165) is 0 Å². The molecule has 0 saturated carbocycles. The summed E-state index contributed by atoms with van der Waals surface area (Å²) in [5, 5.41) is 11.6. The molecule has 0 saturated heterocycles. The summed E-state index contributed by atoms with van der Waals surface area (Å²) in [7, 11) is 0. The van der Waals surface area contributed by atoms with Gasteiger partial charge in [0.1, 0.15) is 5.75 Å². The Bertz CT molecular complexity index is 423. The van der Waals surface area contributed by atoms with Crippen LogP contribution in [0.2, 0.25) is 0 Å². The number of aromatic hydroxyl groups is 1. The molecule has 13 heavy (non-hydrogen) atoms. The van der Waals surface area contributed by atoms with Gasteiger partial charge >= 0.3 is 0 Å². The van der Waals surface area contributed by atoms with E-state index in [1.807, 2.05) is 0 Å². The number of ketones is 1. The number of fused-ring (bicyclic) bond motifs is 1. The smallest absolute Gasteiger partial charge is 0.296 e. The molecular weight excluding hydrogens is 170 g/mol. The van der Waals surface area contributed by atoms with Gasteiger partial charge in [-0.1, -0.05) is 0 Å². The van der Waals surface area contributed by atoms with Crippen molar-refractivity contribution in [2.24, 2.45) is 0 Å². The Hall–Kier alpha value is -1.84. The maximum atomic E-state index is 11.2. The molecule has 0 unspecified atom stereocenters. The Morgan fingerprint density at radius 1 is 1.31 bits per heavy atom. The number of hydrogen-bond acceptors (Lipinski definition) is 3. The second-order valence-corrected chi connectivity index (χ2v) is 2.97. The second kappa shape index (κ2) is 2.32. The van der Waals surface area contributed by atoms with Crippen molar-refractivity contribution in [3.05, 3.63) is 23.3 Å². The molecule has 4 nitrogen and oxygen atoms in total. The number of benzene rings is 1. The quantitative estimate of drug-likeness (QED) is 0.455. The number of carbonyl (C=O) groups excluding carboxylic acids is 2. The highest BCUT2D eigenvalue weighted by atomic mass is 16.3. The number of amides is 1. The van der Waals surface area contributed by atoms with E-state index in [1.165, 1.54) is 12.1 Å². The predicted octanol–water partition coefficient (Wildman–Crippen LogP) is 0.835. The Labute approximate surface area is 74.2 Å². The van der Waals surface area contributed by atoms with E-state index in [4.69, 9.17) is 0 Å². The molecular formula is C9H7NO3. The van der Waals surface area contributed by atoms with Gasteiger partial charge in [0.25, 0.3) is 11.7 Å². The van der Waals surface area contributed by atoms with Crippen molar-refractivity contribution in [1.29, 1.82) is 0 Å². The first-order valence-electron chi connectivity index (χ1n) is 3.79. The molecule has 0 bridgehead atoms. The number of phenolic OH excluding ortho intramolecular Hbond substituents is 1. The van der Waals surface area contributed by atoms with Gasteiger partial charge in [0.05, 0.1) is 11.3 Å². The maximum Gasteiger partial charge on any atom is 0.296 e. The molecule has 1 heterocycles. The molecule has 1 aliphatic rings. The normalized spacial score (nSPS) is 14.2. The lowest BCUT2D eigenvalue weighted by Gasteiger charge is -2.02. The summed E-state index contributed by atoms with van der Waals surface area (Å²) in [4.78, 5) is 22.1. The van der Waals surface area contributed by atoms with Crippen LogP contribution in [-0.4, -0.2) is 16.8 Å². The summed E-state index contributed by atoms with van der Waals surface area (Å²) in [6, 6.07) is 2.79. The van der Waals surface area contributed by atoms with E-state index in [1.54, 1.807) is 6.92 Å². The molecule has 1 amide bonds. The summed E-state index contributed by atoms with van der Waals surface area (Å²) in [5.41, 5.74) is 1.45. The van der Waals surface area contributed by atoms with Crippen molar-refractivity contribution in [3.8, 4) is 5.75 Å². The lowest BCUT2D eigenvalue weighted by molar-refractivity contribution is -0.112. The Morgan fingerprint density at radius 2 is 2.00 bits per heavy atom. The van der Waals surface area contributed by atoms with E-state index >= 15 is 0 Å². The van der Waals surface area contributed by atoms with Crippen molar-refractivity contribution in [1.82, 2.24) is 0 Å². The van der Waals surface area contributed by atoms with Gasteiger partial charge in [0.2, 0.25) is 0 Å². The molecule has 1 aromatic rings. The summed E-state index contributed by atoms with van der Waals surface area (Å²) < 4.78 is 0. The standard InChI is InChI=1S/C9H7NO3/c1-4-2-5(11)3-6-7(4)10-9(13)8(6)12/h2-3,11H,1H3,(H,10,12,13). The van der Waals surface area contributed by atoms with Gasteiger partial charge in [0.15, 0.2) is 0 Å². The zero-order valence-corrected chi connectivity index (χ0v) is 6.92. The van der Waals surface area contributed by atoms with Gasteiger partial charge < -0.3 is 10.4 Å². The minimum Gasteiger partial charge on any atom is -0.508 e. The van der Waals surface area contributed by atoms with Crippen molar-refractivity contribution in [2.45, 2.75) is 6.92 Å². The number of anilines is 1. The lowest BCUT2D eigenvalue weighted by atomic mass is 10.1. The third kappa shape index (κ3) is 0.989. The van der Waals surface area contributed by atoms with E-state index in [0.29, 0.717) is 11.3 Å². The number of carbonyl (C=O) groups is 2. The van der Waals surface area contributed by atoms with Gasteiger partial charge in [-0.2, -0.15) is 0 Å². The first-order valence-corrected chi connectivity index (χ1v) is 3.79. The Balaban J connectivity index is 2.70. The summed E-state index contributed by atoms with van der Waals surface area (Å²) in [5.74, 6) is -1.22. The average Bonchev–Trinajstić information content (AvgIpc) is 2.32. The fraction of sp³-hybridized carbons (Fsp3) is 0.111. The lowest BCUT2D eigenvalue weighted by Crippen LogP contribution is -2.12. The van der Waals surface area contributed by atoms with Gasteiger partial charge in [-0.05, 0) is 24.6 Å². The van der Waals surface area contributed by atoms with Crippen LogP contribution in [0.15, 0.2) is 12.1 Å². The van der Waals surface area contributed by atoms with Crippen LogP contribution in [0.25, 0.3) is 0 Å². The predicted molar refractivity (Wildman–Crippen MR) is 45.8 cm³/mol. The number of nitrogens with one attached hydrogen (secondary N) is 1. The van der Waals surface area contributed by atoms with Crippen molar-refractivity contribution in [2.75, 3.05) is 5.32 Å². The highest BCUT2D eigenvalue weighted by Gasteiger charge is 2.29. The minimum absolute atomic E-state index is 0.00102. The van der Waals surface area contributed by atoms with Gasteiger partial charge in [0, 0.05) is 0 Å². The van der Waals surface area contributed by atoms with Gasteiger partial charge in [-0.15, -0.1) is 0 Å². The van der Waals surface area contributed by atoms with Gasteiger partial charge in [-0.25, -0.2) is 0 Å². The van der Waals surface area contributed by atoms with Crippen molar-refractivity contribution in [3.63, 3.8) is 0 Å². The molecule has 0 aromatic heterocycles. The molecule has 2 N–H and O–H groups in total. The monoisotopic (exact) mass is 177 g/mol. The van der Waals surface area contributed by atoms with E-state index in [-0.39, 0.29) is 11.3 Å². The third-order valence-corrected chi connectivity index (χ3v) is 2.01. The Morgan fingerprint density at radius 3 is 2.69 bits per heavy atom. The number of aryl methyl sites for hydroxylation is 1. The summed E-state index contributed by atoms with van der Waals surface area (Å²) in [6.07, 6.45) is 0. The first-order chi connectivity index (χ1) is 6.09. The average molecular weight is 177 g/mol. The molecule has 0 radical (unpaired) electrons. The highest BCUT2D eigenvalue weighted by molar-refractivity contribution is 6.51. The van der Waals surface area contributed by atoms with Crippen LogP contribution in [0.4, 0.5) is 5.69 Å². The molecule has 0 fully saturated rings. The maximum absolute atomic E-state index is 11.2. The number of hydrogen-bond donors (Lipinski definition) is 2. The zero-order chi connectivity index (χ0) is 9.59. The van der Waals surface area contributed by atoms with Crippen LogP contribution in [0.5, 0.6) is 5.75 Å². The van der Waals surface area contributed by atoms with Crippen LogP contribution < -0.4 is 5.32 Å². The van der Waals surface area contributed by atoms with Crippen molar-refractivity contribution < 1.29 is 14.7 Å². The minimum atomic E-state index is -0.635. The molecule has 0 spiro atoms. The number of rotatable bonds is 0. The largest absolute Gasteiger partial charge is 0.508 e. The van der Waals surface area contributed by atoms with Crippen LogP contribution in [0.3, 0.4) is 0 Å². The Kier molecular flexibility index (Phi) is 1.39. The SMILES string of the molecule is Cc1cc(O)cc2c1NC(=O)C2=O. The fourth-order valence-electron chi connectivity index (χ4n) is 1.41. The van der Waals surface area contributed by atoms with Crippen LogP contribution in [0.1, 0.15) is 15.9 Å². The van der Waals surface area contributed by atoms with E-state index in [9.17, 15) is 14.7 Å². The third-order valence-electron chi connectivity index (χ3n) is 2.01. The van der Waals surface area contributed by atoms with Crippen molar-refractivity contribution >= 4 is 17.4 Å². The van der Waals surface area contributed by atoms with Gasteiger partial charge in [-0.3, -0.25) is 9.59 Å². The molecule has 0 atom stereocenters. The fourth-order valence-corrected chi connectivity index (χ4v) is 1.41. The second-order valence-electron chi connectivity index (χ2n) is 2.97. The van der Waals surface area contributed by atoms with Crippen LogP contribution in [0, 0.1) is 6.92 Å². The summed E-state index contributed by atoms with van der Waals surface area (Å²) >= 11 is 0. The molecule has 0 aliphatic carbocycles. The zero-order valence-electron chi connectivity index (χ0n) is 6.92. The molecule has 4 heteroatoms.